The topological polar surface area (TPSA) is 89.3 Å². The number of aromatic nitrogens is 3. The molecule has 0 saturated heterocycles. The Morgan fingerprint density at radius 2 is 2.14 bits per heavy atom. The second-order valence-corrected chi connectivity index (χ2v) is 7.57. The van der Waals surface area contributed by atoms with Gasteiger partial charge in [0.2, 0.25) is 11.0 Å². The molecule has 0 aliphatic carbocycles. The zero-order valence-corrected chi connectivity index (χ0v) is 15.7. The molecule has 0 radical (unpaired) electrons. The molecule has 7 nitrogen and oxygen atoms in total. The van der Waals surface area contributed by atoms with Crippen molar-refractivity contribution in [2.45, 2.75) is 12.3 Å². The molecule has 0 bridgehead atoms. The van der Waals surface area contributed by atoms with Gasteiger partial charge in [0, 0.05) is 17.9 Å². The number of methoxy groups -OCH3 is 1. The van der Waals surface area contributed by atoms with Gasteiger partial charge in [-0.2, -0.15) is 9.78 Å². The molecule has 1 atom stereocenters. The van der Waals surface area contributed by atoms with E-state index in [1.54, 1.807) is 29.1 Å². The fourth-order valence-corrected chi connectivity index (χ4v) is 4.45. The Labute approximate surface area is 164 Å². The van der Waals surface area contributed by atoms with Gasteiger partial charge in [-0.3, -0.25) is 4.79 Å². The van der Waals surface area contributed by atoms with E-state index in [1.165, 1.54) is 18.4 Å². The van der Waals surface area contributed by atoms with Crippen molar-refractivity contribution in [2.24, 2.45) is 0 Å². The number of anilines is 1. The van der Waals surface area contributed by atoms with Crippen LogP contribution in [0.4, 0.5) is 5.82 Å². The molecular weight excluding hydrogens is 376 g/mol. The number of carbonyl (C=O) groups excluding carboxylic acids is 1. The first-order valence-electron chi connectivity index (χ1n) is 8.74. The van der Waals surface area contributed by atoms with Crippen molar-refractivity contribution in [3.63, 3.8) is 0 Å². The van der Waals surface area contributed by atoms with Crippen molar-refractivity contribution in [3.05, 3.63) is 59.8 Å². The lowest BCUT2D eigenvalue weighted by molar-refractivity contribution is -0.116. The molecular formula is C20H16N4O3S. The van der Waals surface area contributed by atoms with E-state index < -0.39 is 0 Å². The second-order valence-electron chi connectivity index (χ2n) is 6.56. The SMILES string of the molecule is COc1cc(C2CC(=O)Nc3c2cnn3-c2nc3ccccc3s2)ccc1O. The second kappa shape index (κ2) is 6.35. The van der Waals surface area contributed by atoms with Crippen LogP contribution in [-0.2, 0) is 4.79 Å². The standard InChI is InChI=1S/C20H16N4O3S/c1-27-16-8-11(6-7-15(16)25)12-9-18(26)23-19-13(12)10-21-24(19)20-22-14-4-2-3-5-17(14)28-20/h2-8,10,12,25H,9H2,1H3,(H,23,26). The van der Waals surface area contributed by atoms with E-state index in [1.807, 2.05) is 24.3 Å². The summed E-state index contributed by atoms with van der Waals surface area (Å²) in [6.45, 7) is 0. The Balaban J connectivity index is 1.62. The molecule has 0 saturated carbocycles. The van der Waals surface area contributed by atoms with Crippen LogP contribution < -0.4 is 10.1 Å². The molecule has 1 aliphatic heterocycles. The summed E-state index contributed by atoms with van der Waals surface area (Å²) in [6, 6.07) is 13.0. The van der Waals surface area contributed by atoms with Crippen LogP contribution in [0.5, 0.6) is 11.5 Å². The monoisotopic (exact) mass is 392 g/mol. The minimum atomic E-state index is -0.179. The third kappa shape index (κ3) is 2.61. The lowest BCUT2D eigenvalue weighted by Crippen LogP contribution is -2.24. The molecule has 0 spiro atoms. The number of hydrogen-bond donors (Lipinski definition) is 2. The molecule has 1 amide bonds. The van der Waals surface area contributed by atoms with Crippen LogP contribution in [0.2, 0.25) is 0 Å². The Morgan fingerprint density at radius 1 is 1.29 bits per heavy atom. The summed E-state index contributed by atoms with van der Waals surface area (Å²) in [5, 5.41) is 18.0. The fourth-order valence-electron chi connectivity index (χ4n) is 3.52. The van der Waals surface area contributed by atoms with Crippen LogP contribution in [0, 0.1) is 0 Å². The smallest absolute Gasteiger partial charge is 0.226 e. The maximum Gasteiger partial charge on any atom is 0.226 e. The zero-order chi connectivity index (χ0) is 19.3. The van der Waals surface area contributed by atoms with Gasteiger partial charge in [-0.25, -0.2) is 4.98 Å². The average molecular weight is 392 g/mol. The highest BCUT2D eigenvalue weighted by atomic mass is 32.1. The van der Waals surface area contributed by atoms with Crippen LogP contribution in [0.3, 0.4) is 0 Å². The Kier molecular flexibility index (Phi) is 3.80. The number of phenolic OH excluding ortho intramolecular Hbond substituents is 1. The van der Waals surface area contributed by atoms with E-state index in [9.17, 15) is 9.90 Å². The van der Waals surface area contributed by atoms with E-state index >= 15 is 0 Å². The molecule has 2 N–H and O–H groups in total. The molecule has 0 fully saturated rings. The van der Waals surface area contributed by atoms with Crippen molar-refractivity contribution in [1.29, 1.82) is 0 Å². The van der Waals surface area contributed by atoms with Crippen LogP contribution >= 0.6 is 11.3 Å². The van der Waals surface area contributed by atoms with Gasteiger partial charge in [-0.05, 0) is 29.8 Å². The molecule has 140 valence electrons. The summed E-state index contributed by atoms with van der Waals surface area (Å²) in [7, 11) is 1.50. The van der Waals surface area contributed by atoms with Crippen LogP contribution in [0.25, 0.3) is 15.3 Å². The van der Waals surface area contributed by atoms with Gasteiger partial charge in [-0.1, -0.05) is 29.5 Å². The number of rotatable bonds is 3. The third-order valence-electron chi connectivity index (χ3n) is 4.89. The summed E-state index contributed by atoms with van der Waals surface area (Å²) < 4.78 is 7.96. The van der Waals surface area contributed by atoms with Crippen molar-refractivity contribution < 1.29 is 14.6 Å². The number of phenols is 1. The predicted molar refractivity (Wildman–Crippen MR) is 106 cm³/mol. The molecule has 4 aromatic rings. The number of nitrogens with zero attached hydrogens (tertiary/aromatic N) is 3. The summed E-state index contributed by atoms with van der Waals surface area (Å²) in [6.07, 6.45) is 2.07. The number of carbonyl (C=O) groups is 1. The Morgan fingerprint density at radius 3 is 2.96 bits per heavy atom. The van der Waals surface area contributed by atoms with Crippen LogP contribution in [-0.4, -0.2) is 32.9 Å². The van der Waals surface area contributed by atoms with E-state index in [2.05, 4.69) is 15.4 Å². The highest BCUT2D eigenvalue weighted by molar-refractivity contribution is 7.20. The quantitative estimate of drug-likeness (QED) is 0.555. The number of thiazole rings is 1. The van der Waals surface area contributed by atoms with Gasteiger partial charge < -0.3 is 15.2 Å². The van der Waals surface area contributed by atoms with Crippen LogP contribution in [0.1, 0.15) is 23.5 Å². The van der Waals surface area contributed by atoms with E-state index in [-0.39, 0.29) is 17.6 Å². The van der Waals surface area contributed by atoms with Crippen molar-refractivity contribution in [1.82, 2.24) is 14.8 Å². The zero-order valence-electron chi connectivity index (χ0n) is 14.9. The number of nitrogens with one attached hydrogen (secondary N) is 1. The molecule has 5 rings (SSSR count). The fraction of sp³-hybridized carbons (Fsp3) is 0.150. The number of aromatic hydroxyl groups is 1. The number of para-hydroxylation sites is 1. The first kappa shape index (κ1) is 16.8. The molecule has 2 aromatic heterocycles. The summed E-state index contributed by atoms with van der Waals surface area (Å²) in [4.78, 5) is 17.1. The summed E-state index contributed by atoms with van der Waals surface area (Å²) >= 11 is 1.52. The Bertz CT molecular complexity index is 1180. The molecule has 28 heavy (non-hydrogen) atoms. The number of amides is 1. The molecule has 1 aliphatic rings. The first-order chi connectivity index (χ1) is 13.6. The summed E-state index contributed by atoms with van der Waals surface area (Å²) in [5.74, 6) is 0.807. The number of benzene rings is 2. The highest BCUT2D eigenvalue weighted by Crippen LogP contribution is 2.41. The minimum absolute atomic E-state index is 0.0666. The predicted octanol–water partition coefficient (Wildman–Crippen LogP) is 3.67. The van der Waals surface area contributed by atoms with Gasteiger partial charge in [0.25, 0.3) is 0 Å². The van der Waals surface area contributed by atoms with Gasteiger partial charge in [0.05, 0.1) is 23.5 Å². The van der Waals surface area contributed by atoms with Gasteiger partial charge in [0.15, 0.2) is 11.5 Å². The van der Waals surface area contributed by atoms with Gasteiger partial charge >= 0.3 is 0 Å². The number of hydrogen-bond acceptors (Lipinski definition) is 6. The average Bonchev–Trinajstić information content (AvgIpc) is 3.31. The van der Waals surface area contributed by atoms with Crippen LogP contribution in [0.15, 0.2) is 48.7 Å². The Hall–Kier alpha value is -3.39. The highest BCUT2D eigenvalue weighted by Gasteiger charge is 2.31. The number of ether oxygens (including phenoxy) is 1. The number of fused-ring (bicyclic) bond motifs is 2. The largest absolute Gasteiger partial charge is 0.504 e. The molecule has 3 heterocycles. The normalized spacial score (nSPS) is 16.0. The van der Waals surface area contributed by atoms with Gasteiger partial charge in [0.1, 0.15) is 5.82 Å². The van der Waals surface area contributed by atoms with Crippen molar-refractivity contribution in [2.75, 3.05) is 12.4 Å². The summed E-state index contributed by atoms with van der Waals surface area (Å²) in [5.41, 5.74) is 2.69. The molecule has 2 aromatic carbocycles. The van der Waals surface area contributed by atoms with Gasteiger partial charge in [-0.15, -0.1) is 0 Å². The minimum Gasteiger partial charge on any atom is -0.504 e. The molecule has 8 heteroatoms. The third-order valence-corrected chi connectivity index (χ3v) is 5.90. The van der Waals surface area contributed by atoms with Crippen molar-refractivity contribution >= 4 is 33.3 Å². The maximum atomic E-state index is 12.4. The van der Waals surface area contributed by atoms with Crippen molar-refractivity contribution in [3.8, 4) is 16.6 Å². The first-order valence-corrected chi connectivity index (χ1v) is 9.56. The lowest BCUT2D eigenvalue weighted by Gasteiger charge is -2.23. The lowest BCUT2D eigenvalue weighted by atomic mass is 9.87. The van der Waals surface area contributed by atoms with E-state index in [4.69, 9.17) is 4.74 Å². The maximum absolute atomic E-state index is 12.4. The van der Waals surface area contributed by atoms with E-state index in [0.717, 1.165) is 21.3 Å². The van der Waals surface area contributed by atoms with E-state index in [0.29, 0.717) is 23.1 Å². The molecule has 1 unspecified atom stereocenters.